The average molecular weight is 409 g/mol. The molecule has 1 heterocycles. The number of ether oxygens (including phenoxy) is 1. The lowest BCUT2D eigenvalue weighted by Gasteiger charge is -2.10. The van der Waals surface area contributed by atoms with Crippen LogP contribution in [0.15, 0.2) is 0 Å². The summed E-state index contributed by atoms with van der Waals surface area (Å²) >= 11 is 1.46. The predicted octanol–water partition coefficient (Wildman–Crippen LogP) is 3.61. The number of thiophene rings is 1. The number of carbonyl (C=O) groups excluding carboxylic acids is 3. The second kappa shape index (κ2) is 11.8. The lowest BCUT2D eigenvalue weighted by molar-refractivity contribution is -0.305. The van der Waals surface area contributed by atoms with Gasteiger partial charge in [0.05, 0.1) is 12.7 Å². The number of carbonyl (C=O) groups is 3. The molecule has 7 heteroatoms. The van der Waals surface area contributed by atoms with Crippen molar-refractivity contribution in [2.75, 3.05) is 12.4 Å². The van der Waals surface area contributed by atoms with Crippen LogP contribution in [0, 0.1) is 0 Å². The van der Waals surface area contributed by atoms with Crippen LogP contribution in [0.4, 0.5) is 5.00 Å². The molecule has 1 aliphatic rings. The number of carboxylic acids is 1. The van der Waals surface area contributed by atoms with E-state index < -0.39 is 11.9 Å². The predicted molar refractivity (Wildman–Crippen MR) is 107 cm³/mol. The molecule has 2 rings (SSSR count). The van der Waals surface area contributed by atoms with Crippen molar-refractivity contribution in [1.82, 2.24) is 0 Å². The minimum atomic E-state index is -1.17. The Bertz CT molecular complexity index is 683. The summed E-state index contributed by atoms with van der Waals surface area (Å²) in [5.74, 6) is -1.88. The third kappa shape index (κ3) is 6.93. The first-order valence-corrected chi connectivity index (χ1v) is 11.1. The maximum atomic E-state index is 12.5. The fourth-order valence-corrected chi connectivity index (χ4v) is 4.91. The van der Waals surface area contributed by atoms with Crippen molar-refractivity contribution in [2.45, 2.75) is 83.5 Å². The summed E-state index contributed by atoms with van der Waals surface area (Å²) < 4.78 is 5.00. The van der Waals surface area contributed by atoms with Gasteiger partial charge in [-0.2, -0.15) is 0 Å². The van der Waals surface area contributed by atoms with Gasteiger partial charge in [0.1, 0.15) is 5.00 Å². The number of amides is 1. The van der Waals surface area contributed by atoms with Crippen molar-refractivity contribution in [3.05, 3.63) is 16.0 Å². The monoisotopic (exact) mass is 408 g/mol. The summed E-state index contributed by atoms with van der Waals surface area (Å²) in [6.45, 7) is 0. The van der Waals surface area contributed by atoms with Crippen LogP contribution in [-0.2, 0) is 27.2 Å². The molecule has 0 spiro atoms. The fourth-order valence-electron chi connectivity index (χ4n) is 3.62. The molecule has 1 aliphatic carbocycles. The number of carboxylic acid groups (broad SMARTS) is 1. The SMILES string of the molecule is COC(=O)c1c(NC(=O)CCCC(=O)[O-])sc2c1CCCCCCCCCC2. The van der Waals surface area contributed by atoms with E-state index >= 15 is 0 Å². The first kappa shape index (κ1) is 22.4. The molecule has 0 fully saturated rings. The highest BCUT2D eigenvalue weighted by atomic mass is 32.1. The van der Waals surface area contributed by atoms with E-state index in [1.807, 2.05) is 0 Å². The lowest BCUT2D eigenvalue weighted by Crippen LogP contribution is -2.22. The zero-order valence-electron chi connectivity index (χ0n) is 16.6. The van der Waals surface area contributed by atoms with Crippen LogP contribution in [0.3, 0.4) is 0 Å². The van der Waals surface area contributed by atoms with Crippen LogP contribution < -0.4 is 10.4 Å². The Morgan fingerprint density at radius 1 is 0.964 bits per heavy atom. The first-order valence-electron chi connectivity index (χ1n) is 10.3. The second-order valence-electron chi connectivity index (χ2n) is 7.30. The minimum absolute atomic E-state index is 0.0805. The number of fused-ring (bicyclic) bond motifs is 1. The molecule has 0 bridgehead atoms. The quantitative estimate of drug-likeness (QED) is 0.726. The number of hydrogen-bond donors (Lipinski definition) is 1. The molecule has 1 amide bonds. The molecule has 0 saturated heterocycles. The van der Waals surface area contributed by atoms with Gasteiger partial charge < -0.3 is 20.0 Å². The van der Waals surface area contributed by atoms with Gasteiger partial charge in [0, 0.05) is 17.3 Å². The molecule has 0 aromatic carbocycles. The van der Waals surface area contributed by atoms with Gasteiger partial charge in [-0.1, -0.05) is 38.5 Å². The summed E-state index contributed by atoms with van der Waals surface area (Å²) in [6, 6.07) is 0. The molecule has 1 aromatic heterocycles. The van der Waals surface area contributed by atoms with E-state index in [0.717, 1.165) is 42.5 Å². The molecule has 0 radical (unpaired) electrons. The highest BCUT2D eigenvalue weighted by Gasteiger charge is 2.25. The van der Waals surface area contributed by atoms with Crippen molar-refractivity contribution in [3.8, 4) is 0 Å². The molecule has 28 heavy (non-hydrogen) atoms. The van der Waals surface area contributed by atoms with E-state index in [-0.39, 0.29) is 25.2 Å². The van der Waals surface area contributed by atoms with Crippen molar-refractivity contribution in [1.29, 1.82) is 0 Å². The first-order chi connectivity index (χ1) is 13.5. The van der Waals surface area contributed by atoms with Gasteiger partial charge in [0.2, 0.25) is 5.91 Å². The van der Waals surface area contributed by atoms with Gasteiger partial charge >= 0.3 is 5.97 Å². The maximum absolute atomic E-state index is 12.5. The Morgan fingerprint density at radius 3 is 2.18 bits per heavy atom. The van der Waals surface area contributed by atoms with E-state index in [9.17, 15) is 19.5 Å². The summed E-state index contributed by atoms with van der Waals surface area (Å²) in [5.41, 5.74) is 1.50. The van der Waals surface area contributed by atoms with Gasteiger partial charge in [-0.05, 0) is 44.1 Å². The summed E-state index contributed by atoms with van der Waals surface area (Å²) in [5, 5.41) is 13.9. The van der Waals surface area contributed by atoms with Gasteiger partial charge in [0.25, 0.3) is 0 Å². The van der Waals surface area contributed by atoms with Crippen LogP contribution in [0.2, 0.25) is 0 Å². The van der Waals surface area contributed by atoms with Crippen molar-refractivity contribution in [3.63, 3.8) is 0 Å². The fraction of sp³-hybridized carbons (Fsp3) is 0.667. The van der Waals surface area contributed by atoms with Crippen LogP contribution in [-0.4, -0.2) is 25.0 Å². The molecular formula is C21H30NO5S-. The topological polar surface area (TPSA) is 95.5 Å². The third-order valence-corrected chi connectivity index (χ3v) is 6.31. The zero-order chi connectivity index (χ0) is 20.4. The van der Waals surface area contributed by atoms with E-state index in [2.05, 4.69) is 5.32 Å². The van der Waals surface area contributed by atoms with Crippen LogP contribution in [0.25, 0.3) is 0 Å². The Kier molecular flexibility index (Phi) is 9.47. The largest absolute Gasteiger partial charge is 0.550 e. The normalized spacial score (nSPS) is 15.6. The summed E-state index contributed by atoms with van der Waals surface area (Å²) in [6.07, 6.45) is 11.3. The average Bonchev–Trinajstić information content (AvgIpc) is 2.97. The Balaban J connectivity index is 2.20. The summed E-state index contributed by atoms with van der Waals surface area (Å²) in [7, 11) is 1.35. The molecule has 0 aliphatic heterocycles. The van der Waals surface area contributed by atoms with Crippen LogP contribution in [0.1, 0.15) is 91.4 Å². The van der Waals surface area contributed by atoms with Gasteiger partial charge in [-0.3, -0.25) is 4.79 Å². The summed E-state index contributed by atoms with van der Waals surface area (Å²) in [4.78, 5) is 36.4. The number of hydrogen-bond acceptors (Lipinski definition) is 6. The maximum Gasteiger partial charge on any atom is 0.341 e. The van der Waals surface area contributed by atoms with Crippen LogP contribution in [0.5, 0.6) is 0 Å². The van der Waals surface area contributed by atoms with Crippen LogP contribution >= 0.6 is 11.3 Å². The number of aryl methyl sites for hydroxylation is 1. The Labute approximate surface area is 170 Å². The molecule has 1 N–H and O–H groups in total. The van der Waals surface area contributed by atoms with Crippen molar-refractivity contribution in [2.24, 2.45) is 0 Å². The number of nitrogens with one attached hydrogen (secondary N) is 1. The lowest BCUT2D eigenvalue weighted by atomic mass is 9.97. The molecule has 0 saturated carbocycles. The number of anilines is 1. The van der Waals surface area contributed by atoms with Gasteiger partial charge in [-0.15, -0.1) is 11.3 Å². The van der Waals surface area contributed by atoms with Gasteiger partial charge in [-0.25, -0.2) is 4.79 Å². The molecule has 1 aromatic rings. The molecular weight excluding hydrogens is 378 g/mol. The molecule has 0 atom stereocenters. The molecule has 0 unspecified atom stereocenters. The smallest absolute Gasteiger partial charge is 0.341 e. The number of aliphatic carboxylic acids is 1. The van der Waals surface area contributed by atoms with Crippen molar-refractivity contribution < 1.29 is 24.2 Å². The van der Waals surface area contributed by atoms with Crippen molar-refractivity contribution >= 4 is 34.2 Å². The Hall–Kier alpha value is -1.89. The second-order valence-corrected chi connectivity index (χ2v) is 8.41. The number of rotatable bonds is 6. The molecule has 6 nitrogen and oxygen atoms in total. The highest BCUT2D eigenvalue weighted by molar-refractivity contribution is 7.17. The Morgan fingerprint density at radius 2 is 1.57 bits per heavy atom. The standard InChI is InChI=1S/C21H31NO5S/c1-27-21(26)19-15-11-8-6-4-2-3-5-7-9-12-16(15)28-20(19)22-17(23)13-10-14-18(24)25/h2-14H2,1H3,(H,22,23)(H,24,25)/p-1. The van der Waals surface area contributed by atoms with E-state index in [1.165, 1.54) is 50.6 Å². The van der Waals surface area contributed by atoms with Gasteiger partial charge in [0.15, 0.2) is 0 Å². The highest BCUT2D eigenvalue weighted by Crippen LogP contribution is 2.37. The van der Waals surface area contributed by atoms with E-state index in [0.29, 0.717) is 10.6 Å². The number of esters is 1. The minimum Gasteiger partial charge on any atom is -0.550 e. The third-order valence-electron chi connectivity index (χ3n) is 5.10. The van der Waals surface area contributed by atoms with E-state index in [1.54, 1.807) is 0 Å². The zero-order valence-corrected chi connectivity index (χ0v) is 17.5. The number of methoxy groups -OCH3 is 1. The molecule has 156 valence electrons. The van der Waals surface area contributed by atoms with E-state index in [4.69, 9.17) is 4.74 Å².